The number of rotatable bonds is 2. The zero-order valence-corrected chi connectivity index (χ0v) is 13.9. The third-order valence-electron chi connectivity index (χ3n) is 5.10. The Labute approximate surface area is 145 Å². The fourth-order valence-corrected chi connectivity index (χ4v) is 3.97. The van der Waals surface area contributed by atoms with Crippen LogP contribution in [0, 0.1) is 0 Å². The summed E-state index contributed by atoms with van der Waals surface area (Å²) in [5, 5.41) is 2.44. The van der Waals surface area contributed by atoms with Gasteiger partial charge in [0.05, 0.1) is 5.56 Å². The Morgan fingerprint density at radius 3 is 2.56 bits per heavy atom. The third-order valence-corrected chi connectivity index (χ3v) is 5.10. The highest BCUT2D eigenvalue weighted by atomic mass is 16.5. The average molecular weight is 327 g/mol. The lowest BCUT2D eigenvalue weighted by molar-refractivity contribution is 0.0456. The van der Waals surface area contributed by atoms with Crippen molar-refractivity contribution in [1.29, 1.82) is 0 Å². The molecule has 1 atom stereocenters. The number of ether oxygens (including phenoxy) is 1. The van der Waals surface area contributed by atoms with Crippen LogP contribution in [-0.2, 0) is 11.3 Å². The summed E-state index contributed by atoms with van der Waals surface area (Å²) >= 11 is 0. The highest BCUT2D eigenvalue weighted by Crippen LogP contribution is 2.38. The Morgan fingerprint density at radius 1 is 0.920 bits per heavy atom. The van der Waals surface area contributed by atoms with E-state index in [0.717, 1.165) is 17.7 Å². The van der Waals surface area contributed by atoms with E-state index in [-0.39, 0.29) is 12.1 Å². The molecular weight excluding hydrogens is 310 g/mol. The van der Waals surface area contributed by atoms with Crippen LogP contribution in [0.1, 0.15) is 34.5 Å². The molecule has 5 rings (SSSR count). The minimum atomic E-state index is -0.322. The summed E-state index contributed by atoms with van der Waals surface area (Å²) < 4.78 is 7.99. The number of cyclic esters (lactones) is 1. The first kappa shape index (κ1) is 14.3. The normalized spacial score (nSPS) is 16.4. The Balaban J connectivity index is 1.75. The van der Waals surface area contributed by atoms with Crippen LogP contribution in [0.15, 0.2) is 66.7 Å². The Hall–Kier alpha value is -3.07. The molecule has 0 radical (unpaired) electrons. The number of hydrogen-bond donors (Lipinski definition) is 0. The van der Waals surface area contributed by atoms with Crippen LogP contribution in [0.25, 0.3) is 21.8 Å². The summed E-state index contributed by atoms with van der Waals surface area (Å²) in [5.74, 6) is -0.239. The molecule has 25 heavy (non-hydrogen) atoms. The number of fused-ring (bicyclic) bond motifs is 4. The van der Waals surface area contributed by atoms with Crippen molar-refractivity contribution in [3.63, 3.8) is 0 Å². The van der Waals surface area contributed by atoms with Crippen molar-refractivity contribution in [3.8, 4) is 0 Å². The van der Waals surface area contributed by atoms with Crippen molar-refractivity contribution in [1.82, 2.24) is 4.57 Å². The summed E-state index contributed by atoms with van der Waals surface area (Å²) in [7, 11) is 0. The molecule has 3 heteroatoms. The van der Waals surface area contributed by atoms with Gasteiger partial charge in [0.15, 0.2) is 6.10 Å². The maximum absolute atomic E-state index is 12.1. The average Bonchev–Trinajstić information content (AvgIpc) is 3.16. The molecule has 0 saturated carbocycles. The lowest BCUT2D eigenvalue weighted by Gasteiger charge is -2.12. The predicted molar refractivity (Wildman–Crippen MR) is 98.8 cm³/mol. The van der Waals surface area contributed by atoms with Gasteiger partial charge in [-0.25, -0.2) is 4.79 Å². The first-order valence-corrected chi connectivity index (χ1v) is 8.58. The molecule has 1 aromatic heterocycles. The predicted octanol–water partition coefficient (Wildman–Crippen LogP) is 5.07. The van der Waals surface area contributed by atoms with Gasteiger partial charge in [-0.1, -0.05) is 42.5 Å². The summed E-state index contributed by atoms with van der Waals surface area (Å²) in [4.78, 5) is 12.1. The zero-order valence-electron chi connectivity index (χ0n) is 13.9. The molecule has 3 aromatic carbocycles. The second-order valence-corrected chi connectivity index (χ2v) is 6.41. The topological polar surface area (TPSA) is 31.2 Å². The standard InChI is InChI=1S/C22H17NO2/c1-2-23-19-10-6-5-7-15(19)18-13-14(11-12-20(18)23)21-16-8-3-4-9-17(16)22(24)25-21/h3-13,21H,2H2,1H3. The molecule has 0 saturated heterocycles. The lowest BCUT2D eigenvalue weighted by atomic mass is 9.98. The molecule has 0 N–H and O–H groups in total. The Morgan fingerprint density at radius 2 is 1.68 bits per heavy atom. The van der Waals surface area contributed by atoms with E-state index in [1.165, 1.54) is 21.8 Å². The molecule has 0 fully saturated rings. The van der Waals surface area contributed by atoms with E-state index in [0.29, 0.717) is 5.56 Å². The molecule has 0 aliphatic carbocycles. The van der Waals surface area contributed by atoms with Crippen molar-refractivity contribution in [2.24, 2.45) is 0 Å². The van der Waals surface area contributed by atoms with Crippen LogP contribution in [0.5, 0.6) is 0 Å². The smallest absolute Gasteiger partial charge is 0.339 e. The van der Waals surface area contributed by atoms with Gasteiger partial charge in [-0.3, -0.25) is 0 Å². The Bertz CT molecular complexity index is 1140. The number of carbonyl (C=O) groups excluding carboxylic acids is 1. The van der Waals surface area contributed by atoms with Crippen LogP contribution in [-0.4, -0.2) is 10.5 Å². The van der Waals surface area contributed by atoms with Gasteiger partial charge >= 0.3 is 5.97 Å². The maximum Gasteiger partial charge on any atom is 0.339 e. The van der Waals surface area contributed by atoms with Gasteiger partial charge in [-0.05, 0) is 36.8 Å². The van der Waals surface area contributed by atoms with E-state index in [1.54, 1.807) is 0 Å². The van der Waals surface area contributed by atoms with Gasteiger partial charge in [0.1, 0.15) is 0 Å². The van der Waals surface area contributed by atoms with Crippen molar-refractivity contribution < 1.29 is 9.53 Å². The van der Waals surface area contributed by atoms with Crippen LogP contribution < -0.4 is 0 Å². The van der Waals surface area contributed by atoms with Crippen LogP contribution in [0.3, 0.4) is 0 Å². The van der Waals surface area contributed by atoms with Crippen molar-refractivity contribution in [2.75, 3.05) is 0 Å². The minimum absolute atomic E-state index is 0.239. The molecule has 122 valence electrons. The first-order valence-electron chi connectivity index (χ1n) is 8.58. The van der Waals surface area contributed by atoms with Gasteiger partial charge in [-0.2, -0.15) is 0 Å². The highest BCUT2D eigenvalue weighted by molar-refractivity contribution is 6.08. The number of aromatic nitrogens is 1. The number of benzene rings is 3. The van der Waals surface area contributed by atoms with E-state index >= 15 is 0 Å². The first-order chi connectivity index (χ1) is 12.3. The van der Waals surface area contributed by atoms with Gasteiger partial charge in [0.2, 0.25) is 0 Å². The monoisotopic (exact) mass is 327 g/mol. The lowest BCUT2D eigenvalue weighted by Crippen LogP contribution is -2.01. The van der Waals surface area contributed by atoms with Crippen molar-refractivity contribution in [3.05, 3.63) is 83.4 Å². The van der Waals surface area contributed by atoms with Crippen LogP contribution in [0.4, 0.5) is 0 Å². The number of carbonyl (C=O) groups is 1. The molecule has 0 spiro atoms. The molecule has 1 aliphatic heterocycles. The number of para-hydroxylation sites is 1. The summed E-state index contributed by atoms with van der Waals surface area (Å²) in [6.07, 6.45) is -0.322. The van der Waals surface area contributed by atoms with Gasteiger partial charge in [0, 0.05) is 33.9 Å². The quantitative estimate of drug-likeness (QED) is 0.481. The fourth-order valence-electron chi connectivity index (χ4n) is 3.97. The number of aryl methyl sites for hydroxylation is 1. The van der Waals surface area contributed by atoms with E-state index in [2.05, 4.69) is 54.0 Å². The molecule has 1 aliphatic rings. The van der Waals surface area contributed by atoms with Crippen molar-refractivity contribution in [2.45, 2.75) is 19.6 Å². The van der Waals surface area contributed by atoms with E-state index in [4.69, 9.17) is 4.74 Å². The van der Waals surface area contributed by atoms with E-state index < -0.39 is 0 Å². The molecule has 2 heterocycles. The minimum Gasteiger partial charge on any atom is -0.449 e. The summed E-state index contributed by atoms with van der Waals surface area (Å²) in [6, 6.07) is 22.5. The van der Waals surface area contributed by atoms with Gasteiger partial charge in [0.25, 0.3) is 0 Å². The Kier molecular flexibility index (Phi) is 2.98. The fraction of sp³-hybridized carbons (Fsp3) is 0.136. The van der Waals surface area contributed by atoms with Crippen LogP contribution >= 0.6 is 0 Å². The van der Waals surface area contributed by atoms with Crippen LogP contribution in [0.2, 0.25) is 0 Å². The summed E-state index contributed by atoms with van der Waals surface area (Å²) in [5.41, 5.74) is 5.09. The molecule has 0 bridgehead atoms. The second-order valence-electron chi connectivity index (χ2n) is 6.41. The van der Waals surface area contributed by atoms with Gasteiger partial charge < -0.3 is 9.30 Å². The molecular formula is C22H17NO2. The highest BCUT2D eigenvalue weighted by Gasteiger charge is 2.32. The number of nitrogens with zero attached hydrogens (tertiary/aromatic N) is 1. The molecule has 1 unspecified atom stereocenters. The third kappa shape index (κ3) is 1.96. The second kappa shape index (κ2) is 5.21. The van der Waals surface area contributed by atoms with E-state index in [9.17, 15) is 4.79 Å². The molecule has 0 amide bonds. The maximum atomic E-state index is 12.1. The SMILES string of the molecule is CCn1c2ccccc2c2cc(C3OC(=O)c4ccccc43)ccc21. The zero-order chi connectivity index (χ0) is 17.0. The van der Waals surface area contributed by atoms with E-state index in [1.807, 2.05) is 24.3 Å². The largest absolute Gasteiger partial charge is 0.449 e. The number of esters is 1. The van der Waals surface area contributed by atoms with Gasteiger partial charge in [-0.15, -0.1) is 0 Å². The van der Waals surface area contributed by atoms with Crippen molar-refractivity contribution >= 4 is 27.8 Å². The summed E-state index contributed by atoms with van der Waals surface area (Å²) in [6.45, 7) is 3.08. The molecule has 4 aromatic rings. The number of hydrogen-bond acceptors (Lipinski definition) is 2. The molecule has 3 nitrogen and oxygen atoms in total.